The average molecular weight is 809 g/mol. The molecule has 5 unspecified atom stereocenters. The highest BCUT2D eigenvalue weighted by Crippen LogP contribution is 2.66. The number of ether oxygens (including phenoxy) is 4. The Morgan fingerprint density at radius 3 is 1.35 bits per heavy atom. The number of hydrogen-bond donors (Lipinski definition) is 0. The molecule has 0 bridgehead atoms. The minimum absolute atomic E-state index is 0.103. The molecule has 8 nitrogen and oxygen atoms in total. The molecule has 0 fully saturated rings. The van der Waals surface area contributed by atoms with Gasteiger partial charge in [-0.2, -0.15) is 0 Å². The summed E-state index contributed by atoms with van der Waals surface area (Å²) in [4.78, 5) is -0.916. The highest BCUT2D eigenvalue weighted by molar-refractivity contribution is 7.97. The molecule has 3 heterocycles. The third-order valence-corrected chi connectivity index (χ3v) is 19.7. The van der Waals surface area contributed by atoms with E-state index in [1.807, 2.05) is 6.07 Å². The van der Waals surface area contributed by atoms with Gasteiger partial charge in [-0.15, -0.1) is 0 Å². The second kappa shape index (κ2) is 10.8. The minimum Gasteiger partial charge on any atom is -0.480 e. The van der Waals surface area contributed by atoms with Gasteiger partial charge in [0.05, 0.1) is 19.6 Å². The number of sulfone groups is 2. The molecule has 10 rings (SSSR count). The molecule has 4 aromatic rings. The first-order valence-electron chi connectivity index (χ1n) is 20.5. The zero-order chi connectivity index (χ0) is 40.8. The van der Waals surface area contributed by atoms with Crippen LogP contribution in [0.25, 0.3) is 0 Å². The largest absolute Gasteiger partial charge is 0.480 e. The van der Waals surface area contributed by atoms with Gasteiger partial charge in [-0.05, 0) is 138 Å². The van der Waals surface area contributed by atoms with Gasteiger partial charge in [0, 0.05) is 17.5 Å². The number of fused-ring (bicyclic) bond motifs is 10. The van der Waals surface area contributed by atoms with Gasteiger partial charge in [-0.1, -0.05) is 62.3 Å². The lowest BCUT2D eigenvalue weighted by Crippen LogP contribution is -2.59. The smallest absolute Gasteiger partial charge is 0.209 e. The highest BCUT2D eigenvalue weighted by atomic mass is 32.2. The standard InChI is InChI=1S/C47H52O8S2/c1-12-44(9)25(4)26-15-38-39(20-27(26)44)57(50,51)41-22-34-35(21-40(41)56(38,48)49)53-33-18-30-28(16-32(33)52-34)42(5,6)23-47(30)24-43(7,8)29-17-36-37(19-31(29)47)55-46(11,14-3)45(10,13-2)54-36/h15-22,25H,12-14,23-24H2,1-11H3. The number of benzene rings is 4. The van der Waals surface area contributed by atoms with Crippen molar-refractivity contribution in [2.45, 2.75) is 167 Å². The van der Waals surface area contributed by atoms with E-state index in [9.17, 15) is 16.8 Å². The molecular weight excluding hydrogens is 757 g/mol. The lowest BCUT2D eigenvalue weighted by molar-refractivity contribution is -0.125. The van der Waals surface area contributed by atoms with E-state index in [0.29, 0.717) is 11.5 Å². The fraction of sp³-hybridized carbons (Fsp3) is 0.489. The Hall–Kier alpha value is -4.02. The molecule has 3 aliphatic carbocycles. The maximum absolute atomic E-state index is 14.3. The van der Waals surface area contributed by atoms with E-state index in [1.165, 1.54) is 23.3 Å². The Balaban J connectivity index is 1.09. The van der Waals surface area contributed by atoms with Gasteiger partial charge < -0.3 is 18.9 Å². The van der Waals surface area contributed by atoms with Crippen LogP contribution >= 0.6 is 0 Å². The quantitative estimate of drug-likeness (QED) is 0.174. The summed E-state index contributed by atoms with van der Waals surface area (Å²) in [5.41, 5.74) is 4.54. The topological polar surface area (TPSA) is 105 Å². The monoisotopic (exact) mass is 808 g/mol. The van der Waals surface area contributed by atoms with Crippen molar-refractivity contribution in [1.82, 2.24) is 0 Å². The molecule has 5 atom stereocenters. The molecule has 4 aromatic carbocycles. The van der Waals surface area contributed by atoms with Crippen molar-refractivity contribution in [3.63, 3.8) is 0 Å². The first kappa shape index (κ1) is 37.3. The van der Waals surface area contributed by atoms with E-state index in [-0.39, 0.29) is 58.7 Å². The fourth-order valence-electron chi connectivity index (χ4n) is 11.7. The fourth-order valence-corrected chi connectivity index (χ4v) is 15.8. The summed E-state index contributed by atoms with van der Waals surface area (Å²) in [6.07, 6.45) is 4.14. The van der Waals surface area contributed by atoms with Gasteiger partial charge in [-0.3, -0.25) is 0 Å². The van der Waals surface area contributed by atoms with E-state index in [2.05, 4.69) is 94.4 Å². The maximum Gasteiger partial charge on any atom is 0.209 e. The van der Waals surface area contributed by atoms with Crippen LogP contribution in [0.15, 0.2) is 68.1 Å². The third-order valence-electron chi connectivity index (χ3n) is 15.8. The number of hydrogen-bond acceptors (Lipinski definition) is 8. The average Bonchev–Trinajstić information content (AvgIpc) is 3.51. The van der Waals surface area contributed by atoms with E-state index >= 15 is 0 Å². The lowest BCUT2D eigenvalue weighted by Gasteiger charge is -2.49. The summed E-state index contributed by atoms with van der Waals surface area (Å²) in [5.74, 6) is 2.92. The van der Waals surface area contributed by atoms with Crippen molar-refractivity contribution in [3.05, 3.63) is 81.9 Å². The van der Waals surface area contributed by atoms with Crippen molar-refractivity contribution in [3.8, 4) is 34.5 Å². The Labute approximate surface area is 337 Å². The Bertz CT molecular complexity index is 2770. The van der Waals surface area contributed by atoms with Gasteiger partial charge in [0.25, 0.3) is 0 Å². The minimum atomic E-state index is -4.21. The summed E-state index contributed by atoms with van der Waals surface area (Å²) in [6, 6.07) is 14.4. The molecule has 0 amide bonds. The van der Waals surface area contributed by atoms with E-state index < -0.39 is 30.9 Å². The molecule has 300 valence electrons. The van der Waals surface area contributed by atoms with Crippen LogP contribution < -0.4 is 18.9 Å². The van der Waals surface area contributed by atoms with Crippen LogP contribution in [0.1, 0.15) is 148 Å². The Morgan fingerprint density at radius 2 is 0.895 bits per heavy atom. The van der Waals surface area contributed by atoms with Gasteiger partial charge in [0.2, 0.25) is 19.7 Å². The van der Waals surface area contributed by atoms with Crippen LogP contribution in [0.4, 0.5) is 0 Å². The second-order valence-electron chi connectivity index (χ2n) is 19.6. The predicted molar refractivity (Wildman–Crippen MR) is 218 cm³/mol. The Kier molecular flexibility index (Phi) is 7.04. The molecule has 57 heavy (non-hydrogen) atoms. The summed E-state index contributed by atoms with van der Waals surface area (Å²) in [5, 5.41) is 0. The summed E-state index contributed by atoms with van der Waals surface area (Å²) in [6.45, 7) is 24.0. The first-order chi connectivity index (χ1) is 26.5. The molecule has 3 aliphatic heterocycles. The van der Waals surface area contributed by atoms with Crippen molar-refractivity contribution < 1.29 is 35.8 Å². The zero-order valence-electron chi connectivity index (χ0n) is 34.8. The van der Waals surface area contributed by atoms with Gasteiger partial charge >= 0.3 is 0 Å². The van der Waals surface area contributed by atoms with E-state index in [4.69, 9.17) is 18.9 Å². The summed E-state index contributed by atoms with van der Waals surface area (Å²) < 4.78 is 84.2. The van der Waals surface area contributed by atoms with Crippen molar-refractivity contribution >= 4 is 19.7 Å². The van der Waals surface area contributed by atoms with Crippen LogP contribution in [0.2, 0.25) is 0 Å². The molecule has 6 aliphatic rings. The van der Waals surface area contributed by atoms with Gasteiger partial charge in [0.1, 0.15) is 11.2 Å². The molecule has 0 aromatic heterocycles. The molecule has 1 spiro atoms. The normalized spacial score (nSPS) is 31.6. The second-order valence-corrected chi connectivity index (χ2v) is 23.4. The first-order valence-corrected chi connectivity index (χ1v) is 23.5. The molecule has 0 saturated carbocycles. The summed E-state index contributed by atoms with van der Waals surface area (Å²) in [7, 11) is -8.41. The van der Waals surface area contributed by atoms with Gasteiger partial charge in [0.15, 0.2) is 34.5 Å². The lowest BCUT2D eigenvalue weighted by atomic mass is 9.57. The van der Waals surface area contributed by atoms with Crippen LogP contribution in [0.3, 0.4) is 0 Å². The van der Waals surface area contributed by atoms with Crippen LogP contribution in [0.5, 0.6) is 34.5 Å². The SMILES string of the molecule is CCC1(C)c2cc3c(cc2C1C)S(=O)(=O)c1cc2c(cc1S3(=O)=O)Oc1cc3c(cc1O2)C1(CC3(C)C)CC(C)(C)c2cc3c(cc21)OC(C)(CC)C(C)(CC)O3. The number of rotatable bonds is 3. The van der Waals surface area contributed by atoms with Crippen molar-refractivity contribution in [2.75, 3.05) is 0 Å². The molecule has 0 saturated heterocycles. The van der Waals surface area contributed by atoms with Gasteiger partial charge in [-0.25, -0.2) is 16.8 Å². The van der Waals surface area contributed by atoms with E-state index in [0.717, 1.165) is 65.9 Å². The molecule has 0 N–H and O–H groups in total. The van der Waals surface area contributed by atoms with Crippen LogP contribution in [0, 0.1) is 0 Å². The van der Waals surface area contributed by atoms with Crippen LogP contribution in [-0.2, 0) is 41.3 Å². The molecule has 10 heteroatoms. The van der Waals surface area contributed by atoms with E-state index in [1.54, 1.807) is 12.1 Å². The predicted octanol–water partition coefficient (Wildman–Crippen LogP) is 11.1. The summed E-state index contributed by atoms with van der Waals surface area (Å²) >= 11 is 0. The maximum atomic E-state index is 14.3. The molecular formula is C47H52O8S2. The molecule has 0 radical (unpaired) electrons. The van der Waals surface area contributed by atoms with Crippen molar-refractivity contribution in [2.24, 2.45) is 0 Å². The zero-order valence-corrected chi connectivity index (χ0v) is 36.4. The highest BCUT2D eigenvalue weighted by Gasteiger charge is 2.59. The van der Waals surface area contributed by atoms with Crippen molar-refractivity contribution in [1.29, 1.82) is 0 Å². The third kappa shape index (κ3) is 4.39. The van der Waals surface area contributed by atoms with Crippen LogP contribution in [-0.4, -0.2) is 28.0 Å². The Morgan fingerprint density at radius 1 is 0.509 bits per heavy atom.